The lowest BCUT2D eigenvalue weighted by atomic mass is 9.83. The first-order chi connectivity index (χ1) is 8.37. The van der Waals surface area contributed by atoms with E-state index in [-0.39, 0.29) is 0 Å². The molecule has 0 unspecified atom stereocenters. The van der Waals surface area contributed by atoms with Crippen LogP contribution in [0.4, 0.5) is 5.69 Å². The summed E-state index contributed by atoms with van der Waals surface area (Å²) in [6.07, 6.45) is 5.74. The maximum atomic E-state index is 12.2. The lowest BCUT2D eigenvalue weighted by molar-refractivity contribution is -0.120. The van der Waals surface area contributed by atoms with Gasteiger partial charge < -0.3 is 5.32 Å². The number of nitrogens with one attached hydrogen (secondary N) is 1. The van der Waals surface area contributed by atoms with Gasteiger partial charge in [0, 0.05) is 18.6 Å². The van der Waals surface area contributed by atoms with Crippen molar-refractivity contribution in [2.24, 2.45) is 0 Å². The number of pyridine rings is 1. The highest BCUT2D eigenvalue weighted by Crippen LogP contribution is 2.40. The Kier molecular flexibility index (Phi) is 3.46. The second-order valence-corrected chi connectivity index (χ2v) is 7.61. The number of rotatable bonds is 3. The number of carbonyl (C=O) groups excluding carboxylic acids is 1. The van der Waals surface area contributed by atoms with E-state index >= 15 is 0 Å². The van der Waals surface area contributed by atoms with Crippen molar-refractivity contribution in [1.82, 2.24) is 4.98 Å². The molecule has 1 fully saturated rings. The Morgan fingerprint density at radius 2 is 2.17 bits per heavy atom. The number of amides is 1. The van der Waals surface area contributed by atoms with Crippen LogP contribution in [0.25, 0.3) is 0 Å². The van der Waals surface area contributed by atoms with Crippen LogP contribution in [-0.4, -0.2) is 30.3 Å². The Labute approximate surface area is 114 Å². The van der Waals surface area contributed by atoms with Gasteiger partial charge in [0.2, 0.25) is 5.91 Å². The largest absolute Gasteiger partial charge is 0.324 e. The number of hydrogen-bond donors (Lipinski definition) is 1. The molecule has 0 radical (unpaired) electrons. The van der Waals surface area contributed by atoms with E-state index in [1.807, 2.05) is 0 Å². The summed E-state index contributed by atoms with van der Waals surface area (Å²) in [6.45, 7) is 0. The molecule has 98 valence electrons. The topological polar surface area (TPSA) is 76.1 Å². The van der Waals surface area contributed by atoms with Crippen molar-refractivity contribution in [3.8, 4) is 0 Å². The molecule has 1 aliphatic carbocycles. The van der Waals surface area contributed by atoms with Gasteiger partial charge in [0.15, 0.2) is 14.6 Å². The van der Waals surface area contributed by atoms with E-state index in [0.717, 1.165) is 12.7 Å². The molecule has 1 N–H and O–H groups in total. The van der Waals surface area contributed by atoms with Crippen LogP contribution in [0.2, 0.25) is 0 Å². The van der Waals surface area contributed by atoms with E-state index in [2.05, 4.69) is 26.2 Å². The van der Waals surface area contributed by atoms with Crippen molar-refractivity contribution in [3.63, 3.8) is 0 Å². The van der Waals surface area contributed by atoms with Gasteiger partial charge >= 0.3 is 0 Å². The van der Waals surface area contributed by atoms with E-state index in [9.17, 15) is 13.2 Å². The molecule has 1 aromatic heterocycles. The number of nitrogens with zero attached hydrogens (tertiary/aromatic N) is 1. The normalized spacial score (nSPS) is 17.9. The molecule has 1 amide bonds. The van der Waals surface area contributed by atoms with Gasteiger partial charge in [0.1, 0.15) is 0 Å². The standard InChI is InChI=1S/C11H13BrN2O3S/c1-18(16,17)11(4-2-5-11)10(15)14-9-3-6-13-7-8(9)12/h3,6-7H,2,4-5H2,1H3,(H,13,14,15). The molecular formula is C11H13BrN2O3S. The maximum absolute atomic E-state index is 12.2. The van der Waals surface area contributed by atoms with E-state index in [4.69, 9.17) is 0 Å². The number of aromatic nitrogens is 1. The zero-order valence-corrected chi connectivity index (χ0v) is 12.2. The van der Waals surface area contributed by atoms with E-state index in [0.29, 0.717) is 23.0 Å². The summed E-state index contributed by atoms with van der Waals surface area (Å²) < 4.78 is 22.9. The first kappa shape index (κ1) is 13.5. The molecule has 0 bridgehead atoms. The molecule has 7 heteroatoms. The van der Waals surface area contributed by atoms with Crippen LogP contribution in [-0.2, 0) is 14.6 Å². The molecule has 1 saturated carbocycles. The zero-order valence-electron chi connectivity index (χ0n) is 9.81. The first-order valence-corrected chi connectivity index (χ1v) is 8.16. The van der Waals surface area contributed by atoms with Gasteiger partial charge in [0.05, 0.1) is 10.2 Å². The molecule has 1 heterocycles. The van der Waals surface area contributed by atoms with Gasteiger partial charge in [0.25, 0.3) is 0 Å². The molecule has 0 atom stereocenters. The predicted molar refractivity (Wildman–Crippen MR) is 72.0 cm³/mol. The fraction of sp³-hybridized carbons (Fsp3) is 0.455. The SMILES string of the molecule is CS(=O)(=O)C1(C(=O)Nc2ccncc2Br)CCC1. The summed E-state index contributed by atoms with van der Waals surface area (Å²) in [5.74, 6) is -0.455. The van der Waals surface area contributed by atoms with Crippen LogP contribution in [0, 0.1) is 0 Å². The van der Waals surface area contributed by atoms with Crippen LogP contribution in [0.15, 0.2) is 22.9 Å². The molecule has 0 saturated heterocycles. The monoisotopic (exact) mass is 332 g/mol. The summed E-state index contributed by atoms with van der Waals surface area (Å²) in [6, 6.07) is 1.62. The third-order valence-electron chi connectivity index (χ3n) is 3.31. The molecule has 5 nitrogen and oxygen atoms in total. The number of carbonyl (C=O) groups is 1. The van der Waals surface area contributed by atoms with Crippen LogP contribution in [0.5, 0.6) is 0 Å². The molecule has 0 aromatic carbocycles. The van der Waals surface area contributed by atoms with Gasteiger partial charge in [-0.05, 0) is 41.3 Å². The summed E-state index contributed by atoms with van der Waals surface area (Å²) in [5, 5.41) is 2.65. The van der Waals surface area contributed by atoms with Gasteiger partial charge in [-0.1, -0.05) is 0 Å². The Hall–Kier alpha value is -0.950. The second kappa shape index (κ2) is 4.62. The van der Waals surface area contributed by atoms with Crippen molar-refractivity contribution in [3.05, 3.63) is 22.9 Å². The molecule has 1 aromatic rings. The lowest BCUT2D eigenvalue weighted by Crippen LogP contribution is -2.54. The Bertz CT molecular complexity index is 582. The predicted octanol–water partition coefficient (Wildman–Crippen LogP) is 1.75. The molecule has 2 rings (SSSR count). The molecule has 0 aliphatic heterocycles. The van der Waals surface area contributed by atoms with Crippen molar-refractivity contribution in [2.75, 3.05) is 11.6 Å². The third-order valence-corrected chi connectivity index (χ3v) is 5.95. The quantitative estimate of drug-likeness (QED) is 0.914. The maximum Gasteiger partial charge on any atom is 0.245 e. The Morgan fingerprint density at radius 3 is 2.61 bits per heavy atom. The highest BCUT2D eigenvalue weighted by atomic mass is 79.9. The van der Waals surface area contributed by atoms with Crippen molar-refractivity contribution < 1.29 is 13.2 Å². The fourth-order valence-corrected chi connectivity index (χ4v) is 3.74. The van der Waals surface area contributed by atoms with Crippen molar-refractivity contribution in [1.29, 1.82) is 0 Å². The van der Waals surface area contributed by atoms with Gasteiger partial charge in [-0.3, -0.25) is 9.78 Å². The zero-order chi connectivity index (χ0) is 13.4. The van der Waals surface area contributed by atoms with Crippen LogP contribution in [0.3, 0.4) is 0 Å². The summed E-state index contributed by atoms with van der Waals surface area (Å²) >= 11 is 3.26. The van der Waals surface area contributed by atoms with Gasteiger partial charge in [-0.25, -0.2) is 8.42 Å². The molecular weight excluding hydrogens is 320 g/mol. The summed E-state index contributed by atoms with van der Waals surface area (Å²) in [4.78, 5) is 16.1. The van der Waals surface area contributed by atoms with Crippen LogP contribution < -0.4 is 5.32 Å². The number of sulfone groups is 1. The van der Waals surface area contributed by atoms with E-state index in [1.165, 1.54) is 6.20 Å². The molecule has 18 heavy (non-hydrogen) atoms. The number of halogens is 1. The Morgan fingerprint density at radius 1 is 1.50 bits per heavy atom. The average molecular weight is 333 g/mol. The minimum atomic E-state index is -3.40. The van der Waals surface area contributed by atoms with Crippen molar-refractivity contribution >= 4 is 37.4 Å². The summed E-state index contributed by atoms with van der Waals surface area (Å²) in [5.41, 5.74) is 0.532. The van der Waals surface area contributed by atoms with Crippen molar-refractivity contribution in [2.45, 2.75) is 24.0 Å². The van der Waals surface area contributed by atoms with E-state index in [1.54, 1.807) is 12.3 Å². The Balaban J connectivity index is 2.26. The first-order valence-electron chi connectivity index (χ1n) is 5.47. The number of hydrogen-bond acceptors (Lipinski definition) is 4. The second-order valence-electron chi connectivity index (χ2n) is 4.43. The minimum Gasteiger partial charge on any atom is -0.324 e. The molecule has 1 aliphatic rings. The highest BCUT2D eigenvalue weighted by Gasteiger charge is 2.52. The van der Waals surface area contributed by atoms with E-state index < -0.39 is 20.5 Å². The van der Waals surface area contributed by atoms with Gasteiger partial charge in [-0.2, -0.15) is 0 Å². The van der Waals surface area contributed by atoms with Crippen LogP contribution in [0.1, 0.15) is 19.3 Å². The third kappa shape index (κ3) is 2.16. The lowest BCUT2D eigenvalue weighted by Gasteiger charge is -2.38. The number of anilines is 1. The van der Waals surface area contributed by atoms with Crippen LogP contribution >= 0.6 is 15.9 Å². The minimum absolute atomic E-state index is 0.389. The summed E-state index contributed by atoms with van der Waals surface area (Å²) in [7, 11) is -3.40. The van der Waals surface area contributed by atoms with Gasteiger partial charge in [-0.15, -0.1) is 0 Å². The highest BCUT2D eigenvalue weighted by molar-refractivity contribution is 9.10. The average Bonchev–Trinajstić information content (AvgIpc) is 2.17. The molecule has 0 spiro atoms. The smallest absolute Gasteiger partial charge is 0.245 e. The fourth-order valence-electron chi connectivity index (χ4n) is 1.98.